The Morgan fingerprint density at radius 3 is 2.95 bits per heavy atom. The van der Waals surface area contributed by atoms with Crippen molar-refractivity contribution >= 4 is 18.1 Å². The Bertz CT molecular complexity index is 737. The number of aromatic nitrogens is 2. The maximum atomic E-state index is 11.4. The predicted octanol–water partition coefficient (Wildman–Crippen LogP) is 1.48. The van der Waals surface area contributed by atoms with E-state index in [1.165, 1.54) is 18.3 Å². The van der Waals surface area contributed by atoms with Crippen LogP contribution in [0.25, 0.3) is 0 Å². The Morgan fingerprint density at radius 2 is 2.24 bits per heavy atom. The number of aryl methyl sites for hydroxylation is 1. The van der Waals surface area contributed by atoms with Gasteiger partial charge >= 0.3 is 5.97 Å². The number of H-pyrrole nitrogens is 1. The summed E-state index contributed by atoms with van der Waals surface area (Å²) in [5, 5.41) is 12.9. The van der Waals surface area contributed by atoms with Gasteiger partial charge in [0.1, 0.15) is 0 Å². The number of carboxylic acid groups (broad SMARTS) is 1. The van der Waals surface area contributed by atoms with Crippen LogP contribution in [0.5, 0.6) is 0 Å². The van der Waals surface area contributed by atoms with Gasteiger partial charge in [0.25, 0.3) is 5.56 Å². The molecule has 0 spiro atoms. The number of hydrogen-bond acceptors (Lipinski definition) is 5. The molecule has 1 aromatic heterocycles. The molecule has 0 atom stereocenters. The van der Waals surface area contributed by atoms with E-state index in [2.05, 4.69) is 20.5 Å². The van der Waals surface area contributed by atoms with Gasteiger partial charge in [-0.25, -0.2) is 15.2 Å². The van der Waals surface area contributed by atoms with Gasteiger partial charge in [0, 0.05) is 17.3 Å². The smallest absolute Gasteiger partial charge is 0.336 e. The van der Waals surface area contributed by atoms with E-state index in [-0.39, 0.29) is 17.1 Å². The molecule has 7 heteroatoms. The van der Waals surface area contributed by atoms with Gasteiger partial charge in [0.2, 0.25) is 5.95 Å². The summed E-state index contributed by atoms with van der Waals surface area (Å²) in [4.78, 5) is 29.1. The van der Waals surface area contributed by atoms with Crippen LogP contribution in [-0.4, -0.2) is 27.3 Å². The topological polar surface area (TPSA) is 107 Å². The van der Waals surface area contributed by atoms with Crippen molar-refractivity contribution in [3.05, 3.63) is 57.5 Å². The van der Waals surface area contributed by atoms with Gasteiger partial charge in [-0.3, -0.25) is 9.78 Å². The highest BCUT2D eigenvalue weighted by atomic mass is 16.4. The lowest BCUT2D eigenvalue weighted by molar-refractivity contribution is 0.0697. The van der Waals surface area contributed by atoms with Crippen LogP contribution in [0.15, 0.2) is 40.2 Å². The van der Waals surface area contributed by atoms with Crippen molar-refractivity contribution in [1.82, 2.24) is 9.97 Å². The third-order valence-corrected chi connectivity index (χ3v) is 2.72. The average Bonchev–Trinajstić information content (AvgIpc) is 2.47. The summed E-state index contributed by atoms with van der Waals surface area (Å²) >= 11 is 0. The number of nitrogens with zero attached hydrogens (tertiary/aromatic N) is 2. The number of nitrogens with one attached hydrogen (secondary N) is 2. The number of anilines is 1. The van der Waals surface area contributed by atoms with Crippen molar-refractivity contribution < 1.29 is 9.90 Å². The highest BCUT2D eigenvalue weighted by Gasteiger charge is 2.06. The van der Waals surface area contributed by atoms with Crippen molar-refractivity contribution in [1.29, 1.82) is 0 Å². The largest absolute Gasteiger partial charge is 0.478 e. The standard InChI is InChI=1S/C14H14N4O3/c1-2-10-7-12(19)17-14(16-10)18-15-8-9-5-3-4-6-11(9)13(20)21/h3-8H,2H2,1H3,(H,20,21)(H2,16,17,18,19)/b15-8-. The van der Waals surface area contributed by atoms with Crippen molar-refractivity contribution in [2.75, 3.05) is 5.43 Å². The van der Waals surface area contributed by atoms with Gasteiger partial charge < -0.3 is 5.11 Å². The van der Waals surface area contributed by atoms with Gasteiger partial charge in [-0.1, -0.05) is 25.1 Å². The molecule has 0 fully saturated rings. The van der Waals surface area contributed by atoms with Crippen LogP contribution in [-0.2, 0) is 6.42 Å². The Hall–Kier alpha value is -2.96. The number of hydrogen-bond donors (Lipinski definition) is 3. The summed E-state index contributed by atoms with van der Waals surface area (Å²) in [6, 6.07) is 7.88. The second kappa shape index (κ2) is 6.47. The summed E-state index contributed by atoms with van der Waals surface area (Å²) in [6.07, 6.45) is 1.99. The molecule has 0 saturated carbocycles. The number of benzene rings is 1. The van der Waals surface area contributed by atoms with Gasteiger partial charge in [-0.05, 0) is 12.5 Å². The lowest BCUT2D eigenvalue weighted by atomic mass is 10.1. The van der Waals surface area contributed by atoms with Crippen molar-refractivity contribution in [2.24, 2.45) is 5.10 Å². The zero-order chi connectivity index (χ0) is 15.2. The Balaban J connectivity index is 2.18. The van der Waals surface area contributed by atoms with Gasteiger partial charge in [-0.2, -0.15) is 5.10 Å². The third-order valence-electron chi connectivity index (χ3n) is 2.72. The van der Waals surface area contributed by atoms with E-state index in [0.717, 1.165) is 0 Å². The fraction of sp³-hybridized carbons (Fsp3) is 0.143. The summed E-state index contributed by atoms with van der Waals surface area (Å²) < 4.78 is 0. The molecule has 0 radical (unpaired) electrons. The van der Waals surface area contributed by atoms with Gasteiger partial charge in [-0.15, -0.1) is 0 Å². The number of rotatable bonds is 5. The Morgan fingerprint density at radius 1 is 1.48 bits per heavy atom. The minimum absolute atomic E-state index is 0.145. The first-order valence-corrected chi connectivity index (χ1v) is 6.31. The molecule has 21 heavy (non-hydrogen) atoms. The summed E-state index contributed by atoms with van der Waals surface area (Å²) in [6.45, 7) is 1.89. The van der Waals surface area contributed by atoms with Crippen LogP contribution in [0.3, 0.4) is 0 Å². The Kier molecular flexibility index (Phi) is 4.45. The van der Waals surface area contributed by atoms with Crippen molar-refractivity contribution in [3.63, 3.8) is 0 Å². The predicted molar refractivity (Wildman–Crippen MR) is 78.9 cm³/mol. The zero-order valence-corrected chi connectivity index (χ0v) is 11.3. The third kappa shape index (κ3) is 3.75. The zero-order valence-electron chi connectivity index (χ0n) is 11.3. The van der Waals surface area contributed by atoms with Crippen LogP contribution in [0.4, 0.5) is 5.95 Å². The van der Waals surface area contributed by atoms with Crippen LogP contribution in [0.1, 0.15) is 28.5 Å². The maximum Gasteiger partial charge on any atom is 0.336 e. The molecule has 0 aliphatic heterocycles. The van der Waals surface area contributed by atoms with Crippen LogP contribution in [0.2, 0.25) is 0 Å². The minimum Gasteiger partial charge on any atom is -0.478 e. The molecule has 0 aliphatic carbocycles. The van der Waals surface area contributed by atoms with E-state index in [1.54, 1.807) is 18.2 Å². The van der Waals surface area contributed by atoms with E-state index in [9.17, 15) is 9.59 Å². The number of carbonyl (C=O) groups is 1. The molecular formula is C14H14N4O3. The highest BCUT2D eigenvalue weighted by molar-refractivity contribution is 5.98. The van der Waals surface area contributed by atoms with E-state index in [1.807, 2.05) is 6.92 Å². The summed E-state index contributed by atoms with van der Waals surface area (Å²) in [5.41, 5.74) is 3.55. The molecule has 2 rings (SSSR count). The number of aromatic carboxylic acids is 1. The van der Waals surface area contributed by atoms with Gasteiger partial charge in [0.05, 0.1) is 11.8 Å². The van der Waals surface area contributed by atoms with Crippen molar-refractivity contribution in [2.45, 2.75) is 13.3 Å². The average molecular weight is 286 g/mol. The van der Waals surface area contributed by atoms with Crippen LogP contribution in [0, 0.1) is 0 Å². The first kappa shape index (κ1) is 14.4. The summed E-state index contributed by atoms with van der Waals surface area (Å²) in [5.74, 6) is -0.819. The molecule has 0 saturated heterocycles. The Labute approximate surface area is 120 Å². The second-order valence-corrected chi connectivity index (χ2v) is 4.20. The van der Waals surface area contributed by atoms with Crippen LogP contribution >= 0.6 is 0 Å². The molecule has 0 amide bonds. The highest BCUT2D eigenvalue weighted by Crippen LogP contribution is 2.06. The molecule has 0 bridgehead atoms. The first-order valence-electron chi connectivity index (χ1n) is 6.31. The molecule has 2 aromatic rings. The second-order valence-electron chi connectivity index (χ2n) is 4.20. The molecule has 0 unspecified atom stereocenters. The molecule has 1 heterocycles. The molecule has 1 aromatic carbocycles. The normalized spacial score (nSPS) is 10.7. The summed E-state index contributed by atoms with van der Waals surface area (Å²) in [7, 11) is 0. The molecule has 3 N–H and O–H groups in total. The SMILES string of the molecule is CCc1cc(=O)[nH]c(N/N=C\c2ccccc2C(=O)O)n1. The molecule has 108 valence electrons. The molecule has 7 nitrogen and oxygen atoms in total. The van der Waals surface area contributed by atoms with E-state index < -0.39 is 5.97 Å². The number of aromatic amines is 1. The number of carboxylic acids is 1. The number of hydrazone groups is 1. The quantitative estimate of drug-likeness (QED) is 0.570. The maximum absolute atomic E-state index is 11.4. The first-order chi connectivity index (χ1) is 10.1. The monoisotopic (exact) mass is 286 g/mol. The fourth-order valence-electron chi connectivity index (χ4n) is 1.71. The molecule has 0 aliphatic rings. The molecular weight excluding hydrogens is 272 g/mol. The van der Waals surface area contributed by atoms with E-state index >= 15 is 0 Å². The van der Waals surface area contributed by atoms with Gasteiger partial charge in [0.15, 0.2) is 0 Å². The minimum atomic E-state index is -1.03. The van der Waals surface area contributed by atoms with Crippen molar-refractivity contribution in [3.8, 4) is 0 Å². The van der Waals surface area contributed by atoms with E-state index in [0.29, 0.717) is 17.7 Å². The van der Waals surface area contributed by atoms with E-state index in [4.69, 9.17) is 5.11 Å². The lowest BCUT2D eigenvalue weighted by Gasteiger charge is -2.02. The van der Waals surface area contributed by atoms with Crippen LogP contribution < -0.4 is 11.0 Å². The fourth-order valence-corrected chi connectivity index (χ4v) is 1.71. The lowest BCUT2D eigenvalue weighted by Crippen LogP contribution is -2.11.